The van der Waals surface area contributed by atoms with Crippen molar-refractivity contribution in [2.45, 2.75) is 20.3 Å². The van der Waals surface area contributed by atoms with E-state index in [1.165, 1.54) is 0 Å². The van der Waals surface area contributed by atoms with Crippen LogP contribution in [0.15, 0.2) is 72.8 Å². The number of amides is 2. The van der Waals surface area contributed by atoms with E-state index in [2.05, 4.69) is 5.32 Å². The van der Waals surface area contributed by atoms with Crippen LogP contribution in [0.2, 0.25) is 0 Å². The Hall–Kier alpha value is -4.13. The summed E-state index contributed by atoms with van der Waals surface area (Å²) in [4.78, 5) is 38.8. The van der Waals surface area contributed by atoms with Crippen LogP contribution in [0.3, 0.4) is 0 Å². The van der Waals surface area contributed by atoms with Crippen molar-refractivity contribution >= 4 is 29.2 Å². The van der Waals surface area contributed by atoms with Gasteiger partial charge >= 0.3 is 5.97 Å². The minimum absolute atomic E-state index is 0.0658. The molecule has 174 valence electrons. The predicted molar refractivity (Wildman–Crippen MR) is 129 cm³/mol. The summed E-state index contributed by atoms with van der Waals surface area (Å²) >= 11 is 0. The Morgan fingerprint density at radius 2 is 1.59 bits per heavy atom. The van der Waals surface area contributed by atoms with Gasteiger partial charge in [-0.2, -0.15) is 0 Å². The summed E-state index contributed by atoms with van der Waals surface area (Å²) in [6.07, 6.45) is 0.0658. The first-order chi connectivity index (χ1) is 16.4. The van der Waals surface area contributed by atoms with Crippen LogP contribution < -0.4 is 15.0 Å². The molecule has 3 aromatic rings. The maximum atomic E-state index is 12.5. The third-order valence-electron chi connectivity index (χ3n) is 5.44. The van der Waals surface area contributed by atoms with E-state index >= 15 is 0 Å². The summed E-state index contributed by atoms with van der Waals surface area (Å²) in [6, 6.07) is 22.1. The largest absolute Gasteiger partial charge is 0.457 e. The topological polar surface area (TPSA) is 84.9 Å². The maximum absolute atomic E-state index is 12.5. The van der Waals surface area contributed by atoms with Crippen LogP contribution in [0.5, 0.6) is 11.5 Å². The lowest BCUT2D eigenvalue weighted by Crippen LogP contribution is -2.28. The molecule has 0 unspecified atom stereocenters. The Labute approximate surface area is 198 Å². The van der Waals surface area contributed by atoms with E-state index in [4.69, 9.17) is 9.47 Å². The second kappa shape index (κ2) is 10.2. The van der Waals surface area contributed by atoms with Crippen molar-refractivity contribution in [3.05, 3.63) is 83.9 Å². The fourth-order valence-corrected chi connectivity index (χ4v) is 3.90. The van der Waals surface area contributed by atoms with Gasteiger partial charge in [0.25, 0.3) is 5.91 Å². The van der Waals surface area contributed by atoms with Crippen LogP contribution in [-0.4, -0.2) is 30.9 Å². The van der Waals surface area contributed by atoms with Crippen LogP contribution in [-0.2, 0) is 19.1 Å². The molecule has 1 fully saturated rings. The molecule has 1 aliphatic rings. The molecular weight excluding hydrogens is 432 g/mol. The Kier molecular flexibility index (Phi) is 6.92. The van der Waals surface area contributed by atoms with Crippen molar-refractivity contribution in [1.82, 2.24) is 0 Å². The molecule has 4 rings (SSSR count). The molecule has 0 aromatic heterocycles. The fourth-order valence-electron chi connectivity index (χ4n) is 3.90. The predicted octanol–water partition coefficient (Wildman–Crippen LogP) is 4.63. The van der Waals surface area contributed by atoms with Gasteiger partial charge in [0, 0.05) is 24.3 Å². The lowest BCUT2D eigenvalue weighted by Gasteiger charge is -2.18. The van der Waals surface area contributed by atoms with Gasteiger partial charge in [-0.15, -0.1) is 0 Å². The Morgan fingerprint density at radius 1 is 0.941 bits per heavy atom. The summed E-state index contributed by atoms with van der Waals surface area (Å²) < 4.78 is 10.9. The van der Waals surface area contributed by atoms with Crippen molar-refractivity contribution in [1.29, 1.82) is 0 Å². The molecule has 0 spiro atoms. The van der Waals surface area contributed by atoms with E-state index in [-0.39, 0.29) is 18.9 Å². The molecule has 7 nitrogen and oxygen atoms in total. The molecule has 1 heterocycles. The number of hydrogen-bond donors (Lipinski definition) is 1. The van der Waals surface area contributed by atoms with Gasteiger partial charge < -0.3 is 19.7 Å². The molecule has 1 atom stereocenters. The van der Waals surface area contributed by atoms with Gasteiger partial charge in [0.15, 0.2) is 6.61 Å². The van der Waals surface area contributed by atoms with Crippen LogP contribution in [0.4, 0.5) is 11.4 Å². The number of para-hydroxylation sites is 1. The standard InChI is InChI=1S/C27H26N2O5/c1-18-12-19(2)14-22(13-18)29-16-20(15-26(29)31)27(32)33-17-25(30)28-21-8-10-24(11-9-21)34-23-6-4-3-5-7-23/h3-14,20H,15-17H2,1-2H3,(H,28,30)/t20-/m1/s1. The van der Waals surface area contributed by atoms with Crippen LogP contribution in [0.1, 0.15) is 17.5 Å². The summed E-state index contributed by atoms with van der Waals surface area (Å²) in [6.45, 7) is 3.75. The lowest BCUT2D eigenvalue weighted by atomic mass is 10.1. The Balaban J connectivity index is 1.26. The lowest BCUT2D eigenvalue weighted by molar-refractivity contribution is -0.151. The number of nitrogens with one attached hydrogen (secondary N) is 1. The Bertz CT molecular complexity index is 1170. The number of aryl methyl sites for hydroxylation is 2. The normalized spacial score (nSPS) is 15.2. The number of hydrogen-bond acceptors (Lipinski definition) is 5. The molecule has 34 heavy (non-hydrogen) atoms. The number of ether oxygens (including phenoxy) is 2. The number of carbonyl (C=O) groups is 3. The number of esters is 1. The highest BCUT2D eigenvalue weighted by Crippen LogP contribution is 2.28. The van der Waals surface area contributed by atoms with Gasteiger partial charge in [-0.25, -0.2) is 0 Å². The summed E-state index contributed by atoms with van der Waals surface area (Å²) in [5.74, 6) is -0.394. The molecule has 1 N–H and O–H groups in total. The molecule has 1 saturated heterocycles. The van der Waals surface area contributed by atoms with Crippen molar-refractivity contribution in [3.8, 4) is 11.5 Å². The smallest absolute Gasteiger partial charge is 0.311 e. The van der Waals surface area contributed by atoms with E-state index in [0.717, 1.165) is 16.8 Å². The summed E-state index contributed by atoms with van der Waals surface area (Å²) in [5, 5.41) is 2.69. The number of carbonyl (C=O) groups excluding carboxylic acids is 3. The summed E-state index contributed by atoms with van der Waals surface area (Å²) in [7, 11) is 0. The van der Waals surface area contributed by atoms with Crippen LogP contribution in [0.25, 0.3) is 0 Å². The van der Waals surface area contributed by atoms with Gasteiger partial charge in [-0.05, 0) is 73.5 Å². The number of rotatable bonds is 7. The zero-order valence-corrected chi connectivity index (χ0v) is 19.1. The molecule has 0 radical (unpaired) electrons. The van der Waals surface area contributed by atoms with E-state index < -0.39 is 24.4 Å². The summed E-state index contributed by atoms with van der Waals surface area (Å²) in [5.41, 5.74) is 3.42. The first-order valence-electron chi connectivity index (χ1n) is 11.1. The molecule has 1 aliphatic heterocycles. The average molecular weight is 459 g/mol. The van der Waals surface area contributed by atoms with Gasteiger partial charge in [0.05, 0.1) is 5.92 Å². The van der Waals surface area contributed by atoms with Crippen molar-refractivity contribution < 1.29 is 23.9 Å². The van der Waals surface area contributed by atoms with E-state index in [0.29, 0.717) is 17.2 Å². The SMILES string of the molecule is Cc1cc(C)cc(N2C[C@H](C(=O)OCC(=O)Nc3ccc(Oc4ccccc4)cc3)CC2=O)c1. The number of anilines is 2. The average Bonchev–Trinajstić information content (AvgIpc) is 3.20. The highest BCUT2D eigenvalue weighted by molar-refractivity contribution is 6.00. The third-order valence-corrected chi connectivity index (χ3v) is 5.44. The van der Waals surface area contributed by atoms with Gasteiger partial charge in [0.1, 0.15) is 11.5 Å². The molecule has 2 amide bonds. The molecule has 0 aliphatic carbocycles. The monoisotopic (exact) mass is 458 g/mol. The molecular formula is C27H26N2O5. The van der Waals surface area contributed by atoms with E-state index in [9.17, 15) is 14.4 Å². The number of benzene rings is 3. The highest BCUT2D eigenvalue weighted by Gasteiger charge is 2.36. The first-order valence-corrected chi connectivity index (χ1v) is 11.1. The fraction of sp³-hybridized carbons (Fsp3) is 0.222. The first kappa shape index (κ1) is 23.0. The zero-order chi connectivity index (χ0) is 24.1. The van der Waals surface area contributed by atoms with Crippen molar-refractivity contribution in [2.75, 3.05) is 23.4 Å². The minimum Gasteiger partial charge on any atom is -0.457 e. The Morgan fingerprint density at radius 3 is 2.26 bits per heavy atom. The molecule has 0 bridgehead atoms. The number of nitrogens with zero attached hydrogens (tertiary/aromatic N) is 1. The van der Waals surface area contributed by atoms with Gasteiger partial charge in [-0.1, -0.05) is 24.3 Å². The molecule has 7 heteroatoms. The van der Waals surface area contributed by atoms with E-state index in [1.54, 1.807) is 29.2 Å². The van der Waals surface area contributed by atoms with E-state index in [1.807, 2.05) is 62.4 Å². The second-order valence-electron chi connectivity index (χ2n) is 8.35. The van der Waals surface area contributed by atoms with Gasteiger partial charge in [0.2, 0.25) is 5.91 Å². The maximum Gasteiger partial charge on any atom is 0.311 e. The van der Waals surface area contributed by atoms with Crippen LogP contribution >= 0.6 is 0 Å². The van der Waals surface area contributed by atoms with Gasteiger partial charge in [-0.3, -0.25) is 14.4 Å². The molecule has 0 saturated carbocycles. The minimum atomic E-state index is -0.601. The van der Waals surface area contributed by atoms with Crippen LogP contribution in [0, 0.1) is 19.8 Å². The highest BCUT2D eigenvalue weighted by atomic mass is 16.5. The second-order valence-corrected chi connectivity index (χ2v) is 8.35. The van der Waals surface area contributed by atoms with Crippen molar-refractivity contribution in [2.24, 2.45) is 5.92 Å². The quantitative estimate of drug-likeness (QED) is 0.522. The third kappa shape index (κ3) is 5.81. The zero-order valence-electron chi connectivity index (χ0n) is 19.1. The molecule has 3 aromatic carbocycles. The van der Waals surface area contributed by atoms with Crippen molar-refractivity contribution in [3.63, 3.8) is 0 Å².